The Hall–Kier alpha value is -0.910. The lowest BCUT2D eigenvalue weighted by atomic mass is 10.2. The average molecular weight is 256 g/mol. The molecule has 4 nitrogen and oxygen atoms in total. The third-order valence-electron chi connectivity index (χ3n) is 2.66. The minimum absolute atomic E-state index is 0.322. The molecular formula is C12H20N2O2S. The first-order valence-electron chi connectivity index (χ1n) is 5.70. The molecule has 17 heavy (non-hydrogen) atoms. The molecule has 0 saturated heterocycles. The smallest absolute Gasteiger partial charge is 0.240 e. The van der Waals surface area contributed by atoms with E-state index in [2.05, 4.69) is 9.62 Å². The van der Waals surface area contributed by atoms with Crippen LogP contribution in [0.3, 0.4) is 0 Å². The Morgan fingerprint density at radius 2 is 1.82 bits per heavy atom. The summed E-state index contributed by atoms with van der Waals surface area (Å²) in [4.78, 5) is 2.37. The van der Waals surface area contributed by atoms with Crippen molar-refractivity contribution in [3.8, 4) is 0 Å². The summed E-state index contributed by atoms with van der Waals surface area (Å²) in [6.07, 6.45) is 0. The minimum atomic E-state index is -3.36. The Labute approximate surface area is 104 Å². The first-order chi connectivity index (χ1) is 7.95. The summed E-state index contributed by atoms with van der Waals surface area (Å²) in [5, 5.41) is 0. The molecule has 0 aromatic heterocycles. The van der Waals surface area contributed by atoms with E-state index in [1.165, 1.54) is 0 Å². The second-order valence-corrected chi connectivity index (χ2v) is 5.87. The van der Waals surface area contributed by atoms with Gasteiger partial charge in [-0.2, -0.15) is 0 Å². The van der Waals surface area contributed by atoms with Crippen molar-refractivity contribution in [2.45, 2.75) is 18.7 Å². The van der Waals surface area contributed by atoms with E-state index in [0.29, 0.717) is 18.0 Å². The Kier molecular flexibility index (Phi) is 5.11. The summed E-state index contributed by atoms with van der Waals surface area (Å²) >= 11 is 0. The molecule has 0 aliphatic heterocycles. The molecule has 1 aromatic rings. The fraction of sp³-hybridized carbons (Fsp3) is 0.500. The van der Waals surface area contributed by atoms with Gasteiger partial charge in [0, 0.05) is 13.1 Å². The summed E-state index contributed by atoms with van der Waals surface area (Å²) in [5.41, 5.74) is 1.05. The number of benzene rings is 1. The summed E-state index contributed by atoms with van der Waals surface area (Å²) in [6, 6.07) is 6.85. The van der Waals surface area contributed by atoms with Gasteiger partial charge in [-0.25, -0.2) is 13.1 Å². The zero-order valence-electron chi connectivity index (χ0n) is 10.6. The van der Waals surface area contributed by atoms with Gasteiger partial charge >= 0.3 is 0 Å². The van der Waals surface area contributed by atoms with Crippen LogP contribution in [-0.4, -0.2) is 40.0 Å². The fourth-order valence-corrected chi connectivity index (χ4v) is 2.35. The molecule has 0 atom stereocenters. The van der Waals surface area contributed by atoms with Gasteiger partial charge in [0.25, 0.3) is 0 Å². The van der Waals surface area contributed by atoms with Gasteiger partial charge in [-0.1, -0.05) is 24.6 Å². The van der Waals surface area contributed by atoms with Crippen molar-refractivity contribution < 1.29 is 8.42 Å². The van der Waals surface area contributed by atoms with Crippen LogP contribution < -0.4 is 4.72 Å². The van der Waals surface area contributed by atoms with Gasteiger partial charge in [-0.15, -0.1) is 0 Å². The van der Waals surface area contributed by atoms with Gasteiger partial charge in [-0.3, -0.25) is 0 Å². The molecule has 0 radical (unpaired) electrons. The Morgan fingerprint density at radius 3 is 2.35 bits per heavy atom. The first-order valence-corrected chi connectivity index (χ1v) is 7.19. The maximum Gasteiger partial charge on any atom is 0.240 e. The second-order valence-electron chi connectivity index (χ2n) is 4.11. The summed E-state index contributed by atoms with van der Waals surface area (Å²) in [5.74, 6) is 0. The summed E-state index contributed by atoms with van der Waals surface area (Å²) in [6.45, 7) is 6.02. The lowest BCUT2D eigenvalue weighted by molar-refractivity contribution is 0.358. The standard InChI is InChI=1S/C12H20N2O2S/c1-4-14(3)10-9-13-17(15,16)12-7-5-11(2)6-8-12/h5-8,13H,4,9-10H2,1-3H3. The predicted molar refractivity (Wildman–Crippen MR) is 69.5 cm³/mol. The van der Waals surface area contributed by atoms with Crippen molar-refractivity contribution in [1.29, 1.82) is 0 Å². The molecule has 0 fully saturated rings. The topological polar surface area (TPSA) is 49.4 Å². The maximum absolute atomic E-state index is 11.9. The molecule has 0 bridgehead atoms. The van der Waals surface area contributed by atoms with E-state index in [4.69, 9.17) is 0 Å². The van der Waals surface area contributed by atoms with Crippen LogP contribution in [0.2, 0.25) is 0 Å². The van der Waals surface area contributed by atoms with Crippen molar-refractivity contribution >= 4 is 10.0 Å². The maximum atomic E-state index is 11.9. The largest absolute Gasteiger partial charge is 0.305 e. The number of nitrogens with one attached hydrogen (secondary N) is 1. The predicted octanol–water partition coefficient (Wildman–Crippen LogP) is 1.23. The highest BCUT2D eigenvalue weighted by Crippen LogP contribution is 2.09. The van der Waals surface area contributed by atoms with Crippen LogP contribution >= 0.6 is 0 Å². The van der Waals surface area contributed by atoms with E-state index in [1.807, 2.05) is 20.9 Å². The second kappa shape index (κ2) is 6.14. The number of hydrogen-bond acceptors (Lipinski definition) is 3. The Morgan fingerprint density at radius 1 is 1.24 bits per heavy atom. The van der Waals surface area contributed by atoms with Crippen LogP contribution in [0, 0.1) is 6.92 Å². The van der Waals surface area contributed by atoms with Gasteiger partial charge in [0.05, 0.1) is 4.90 Å². The number of hydrogen-bond donors (Lipinski definition) is 1. The SMILES string of the molecule is CCN(C)CCNS(=O)(=O)c1ccc(C)cc1. The lowest BCUT2D eigenvalue weighted by Gasteiger charge is -2.14. The molecule has 0 heterocycles. The van der Waals surface area contributed by atoms with Gasteiger partial charge in [0.15, 0.2) is 0 Å². The van der Waals surface area contributed by atoms with Gasteiger partial charge < -0.3 is 4.90 Å². The van der Waals surface area contributed by atoms with E-state index < -0.39 is 10.0 Å². The molecule has 0 aliphatic rings. The molecule has 96 valence electrons. The number of rotatable bonds is 6. The highest BCUT2D eigenvalue weighted by Gasteiger charge is 2.12. The molecular weight excluding hydrogens is 236 g/mol. The van der Waals surface area contributed by atoms with Crippen LogP contribution in [0.25, 0.3) is 0 Å². The minimum Gasteiger partial charge on any atom is -0.305 e. The van der Waals surface area contributed by atoms with Crippen molar-refractivity contribution in [3.05, 3.63) is 29.8 Å². The Bertz CT molecular complexity index is 440. The number of aryl methyl sites for hydroxylation is 1. The molecule has 1 aromatic carbocycles. The molecule has 5 heteroatoms. The van der Waals surface area contributed by atoms with Crippen LogP contribution in [-0.2, 0) is 10.0 Å². The number of nitrogens with zero attached hydrogens (tertiary/aromatic N) is 1. The fourth-order valence-electron chi connectivity index (χ4n) is 1.33. The van der Waals surface area contributed by atoms with Crippen LogP contribution in [0.1, 0.15) is 12.5 Å². The highest BCUT2D eigenvalue weighted by molar-refractivity contribution is 7.89. The Balaban J connectivity index is 2.60. The third-order valence-corrected chi connectivity index (χ3v) is 4.13. The van der Waals surface area contributed by atoms with Crippen molar-refractivity contribution in [3.63, 3.8) is 0 Å². The zero-order chi connectivity index (χ0) is 12.9. The van der Waals surface area contributed by atoms with Gasteiger partial charge in [0.1, 0.15) is 0 Å². The molecule has 1 N–H and O–H groups in total. The van der Waals surface area contributed by atoms with Crippen LogP contribution in [0.4, 0.5) is 0 Å². The van der Waals surface area contributed by atoms with Gasteiger partial charge in [-0.05, 0) is 32.6 Å². The number of likely N-dealkylation sites (N-methyl/N-ethyl adjacent to an activating group) is 1. The lowest BCUT2D eigenvalue weighted by Crippen LogP contribution is -2.32. The van der Waals surface area contributed by atoms with Gasteiger partial charge in [0.2, 0.25) is 10.0 Å². The summed E-state index contributed by atoms with van der Waals surface area (Å²) in [7, 11) is -1.40. The molecule has 0 spiro atoms. The van der Waals surface area contributed by atoms with Crippen molar-refractivity contribution in [1.82, 2.24) is 9.62 Å². The van der Waals surface area contributed by atoms with Crippen molar-refractivity contribution in [2.75, 3.05) is 26.7 Å². The normalized spacial score (nSPS) is 12.0. The highest BCUT2D eigenvalue weighted by atomic mass is 32.2. The number of sulfonamides is 1. The van der Waals surface area contributed by atoms with Crippen molar-refractivity contribution in [2.24, 2.45) is 0 Å². The van der Waals surface area contributed by atoms with Crippen LogP contribution in [0.5, 0.6) is 0 Å². The van der Waals surface area contributed by atoms with E-state index in [0.717, 1.165) is 12.1 Å². The molecule has 1 rings (SSSR count). The average Bonchev–Trinajstić information content (AvgIpc) is 2.29. The van der Waals surface area contributed by atoms with E-state index in [1.54, 1.807) is 24.3 Å². The van der Waals surface area contributed by atoms with E-state index >= 15 is 0 Å². The molecule has 0 saturated carbocycles. The quantitative estimate of drug-likeness (QED) is 0.832. The molecule has 0 amide bonds. The zero-order valence-corrected chi connectivity index (χ0v) is 11.4. The van der Waals surface area contributed by atoms with E-state index in [-0.39, 0.29) is 0 Å². The summed E-state index contributed by atoms with van der Waals surface area (Å²) < 4.78 is 26.4. The molecule has 0 aliphatic carbocycles. The molecule has 0 unspecified atom stereocenters. The van der Waals surface area contributed by atoms with Crippen LogP contribution in [0.15, 0.2) is 29.2 Å². The monoisotopic (exact) mass is 256 g/mol. The van der Waals surface area contributed by atoms with E-state index in [9.17, 15) is 8.42 Å². The first kappa shape index (κ1) is 14.2. The third kappa shape index (κ3) is 4.46.